The Hall–Kier alpha value is -2.37. The maximum absolute atomic E-state index is 12.9. The second kappa shape index (κ2) is 6.66. The Kier molecular flexibility index (Phi) is 4.44. The fraction of sp³-hybridized carbons (Fsp3) is 0.571. The molecule has 2 saturated heterocycles. The summed E-state index contributed by atoms with van der Waals surface area (Å²) in [5, 5.41) is 9.99. The fourth-order valence-corrected chi connectivity index (χ4v) is 5.10. The van der Waals surface area contributed by atoms with Gasteiger partial charge < -0.3 is 14.9 Å². The van der Waals surface area contributed by atoms with Crippen molar-refractivity contribution in [2.75, 3.05) is 26.2 Å². The van der Waals surface area contributed by atoms with Crippen LogP contribution in [0.5, 0.6) is 0 Å². The molecule has 1 N–H and O–H groups in total. The average Bonchev–Trinajstić information content (AvgIpc) is 3.35. The number of carbonyl (C=O) groups excluding carboxylic acids is 2. The van der Waals surface area contributed by atoms with Crippen LogP contribution >= 0.6 is 0 Å². The van der Waals surface area contributed by atoms with Crippen molar-refractivity contribution in [2.45, 2.75) is 32.6 Å². The van der Waals surface area contributed by atoms with Gasteiger partial charge in [-0.05, 0) is 31.4 Å². The van der Waals surface area contributed by atoms with Gasteiger partial charge in [-0.1, -0.05) is 31.0 Å². The lowest BCUT2D eigenvalue weighted by Crippen LogP contribution is -2.44. The molecule has 2 amide bonds. The van der Waals surface area contributed by atoms with Crippen molar-refractivity contribution in [1.82, 2.24) is 9.80 Å². The molecule has 0 unspecified atom stereocenters. The minimum absolute atomic E-state index is 0.0550. The number of nitrogens with zero attached hydrogens (tertiary/aromatic N) is 2. The Morgan fingerprint density at radius 3 is 2.30 bits per heavy atom. The third-order valence-electron chi connectivity index (χ3n) is 6.71. The number of hydrogen-bond acceptors (Lipinski definition) is 3. The number of fused-ring (bicyclic) bond motifs is 1. The molecule has 27 heavy (non-hydrogen) atoms. The first-order chi connectivity index (χ1) is 12.9. The van der Waals surface area contributed by atoms with E-state index in [-0.39, 0.29) is 36.7 Å². The number of hydrogen-bond donors (Lipinski definition) is 1. The molecule has 1 aromatic carbocycles. The molecule has 2 heterocycles. The Labute approximate surface area is 159 Å². The molecule has 6 heteroatoms. The Morgan fingerprint density at radius 2 is 1.67 bits per heavy atom. The van der Waals surface area contributed by atoms with Gasteiger partial charge in [0.05, 0.1) is 0 Å². The molecular weight excluding hydrogens is 344 g/mol. The van der Waals surface area contributed by atoms with Crippen LogP contribution in [0.1, 0.15) is 41.6 Å². The molecule has 4 rings (SSSR count). The van der Waals surface area contributed by atoms with Crippen molar-refractivity contribution < 1.29 is 19.5 Å². The first-order valence-corrected chi connectivity index (χ1v) is 9.79. The van der Waals surface area contributed by atoms with E-state index in [4.69, 9.17) is 0 Å². The predicted molar refractivity (Wildman–Crippen MR) is 99.2 cm³/mol. The summed E-state index contributed by atoms with van der Waals surface area (Å²) < 4.78 is 0. The molecule has 0 aromatic heterocycles. The molecule has 1 aromatic rings. The highest BCUT2D eigenvalue weighted by Crippen LogP contribution is 2.44. The summed E-state index contributed by atoms with van der Waals surface area (Å²) in [5.74, 6) is -1.04. The molecule has 0 radical (unpaired) electrons. The zero-order chi connectivity index (χ0) is 19.2. The molecular formula is C21H26N2O4. The third kappa shape index (κ3) is 2.91. The standard InChI is InChI=1S/C21H26N2O4/c1-14-6-2-5-9-17(14)19(25)23-11-16-10-22(12-21(16,13-23)20(26)27)18(24)15-7-3-4-8-15/h2,5-6,9,15-16H,3-4,7-8,10-13H2,1H3,(H,26,27)/t16-,21-/m1/s1. The Morgan fingerprint density at radius 1 is 1.04 bits per heavy atom. The van der Waals surface area contributed by atoms with E-state index in [9.17, 15) is 19.5 Å². The van der Waals surface area contributed by atoms with Gasteiger partial charge in [0, 0.05) is 43.6 Å². The van der Waals surface area contributed by atoms with Crippen molar-refractivity contribution in [2.24, 2.45) is 17.3 Å². The van der Waals surface area contributed by atoms with Gasteiger partial charge in [0.2, 0.25) is 5.91 Å². The summed E-state index contributed by atoms with van der Waals surface area (Å²) in [5.41, 5.74) is 0.478. The summed E-state index contributed by atoms with van der Waals surface area (Å²) in [6.45, 7) is 3.13. The summed E-state index contributed by atoms with van der Waals surface area (Å²) in [4.78, 5) is 41.3. The highest BCUT2D eigenvalue weighted by molar-refractivity contribution is 5.96. The SMILES string of the molecule is Cc1ccccc1C(=O)N1C[C@H]2CN(C(=O)C3CCCC3)C[C@@]2(C(=O)O)C1. The molecule has 2 aliphatic heterocycles. The van der Waals surface area contributed by atoms with Crippen LogP contribution in [0.25, 0.3) is 0 Å². The van der Waals surface area contributed by atoms with Crippen LogP contribution in [-0.2, 0) is 9.59 Å². The molecule has 2 atom stereocenters. The lowest BCUT2D eigenvalue weighted by molar-refractivity contribution is -0.149. The number of aryl methyl sites for hydroxylation is 1. The molecule has 6 nitrogen and oxygen atoms in total. The molecule has 1 saturated carbocycles. The first-order valence-electron chi connectivity index (χ1n) is 9.79. The van der Waals surface area contributed by atoms with Crippen LogP contribution in [-0.4, -0.2) is 58.9 Å². The quantitative estimate of drug-likeness (QED) is 0.885. The first kappa shape index (κ1) is 18.0. The number of carbonyl (C=O) groups is 3. The summed E-state index contributed by atoms with van der Waals surface area (Å²) in [6.07, 6.45) is 3.99. The monoisotopic (exact) mass is 370 g/mol. The summed E-state index contributed by atoms with van der Waals surface area (Å²) in [7, 11) is 0. The van der Waals surface area contributed by atoms with Crippen LogP contribution in [0.3, 0.4) is 0 Å². The van der Waals surface area contributed by atoms with Gasteiger partial charge in [-0.25, -0.2) is 0 Å². The van der Waals surface area contributed by atoms with Gasteiger partial charge in [0.1, 0.15) is 5.41 Å². The maximum atomic E-state index is 12.9. The number of carboxylic acids is 1. The molecule has 0 bridgehead atoms. The van der Waals surface area contributed by atoms with Gasteiger partial charge in [-0.3, -0.25) is 14.4 Å². The van der Waals surface area contributed by atoms with E-state index in [1.807, 2.05) is 25.1 Å². The van der Waals surface area contributed by atoms with E-state index in [0.717, 1.165) is 31.2 Å². The molecule has 0 spiro atoms. The number of rotatable bonds is 3. The van der Waals surface area contributed by atoms with Crippen molar-refractivity contribution in [3.05, 3.63) is 35.4 Å². The van der Waals surface area contributed by atoms with Gasteiger partial charge in [-0.15, -0.1) is 0 Å². The van der Waals surface area contributed by atoms with E-state index in [0.29, 0.717) is 18.7 Å². The van der Waals surface area contributed by atoms with E-state index in [1.54, 1.807) is 15.9 Å². The molecule has 144 valence electrons. The van der Waals surface area contributed by atoms with Crippen LogP contribution < -0.4 is 0 Å². The largest absolute Gasteiger partial charge is 0.481 e. The normalized spacial score (nSPS) is 27.8. The zero-order valence-electron chi connectivity index (χ0n) is 15.7. The minimum Gasteiger partial charge on any atom is -0.481 e. The number of aliphatic carboxylic acids is 1. The van der Waals surface area contributed by atoms with E-state index >= 15 is 0 Å². The number of amides is 2. The Bertz CT molecular complexity index is 786. The highest BCUT2D eigenvalue weighted by Gasteiger charge is 2.59. The lowest BCUT2D eigenvalue weighted by atomic mass is 9.81. The van der Waals surface area contributed by atoms with Gasteiger partial charge in [-0.2, -0.15) is 0 Å². The average molecular weight is 370 g/mol. The van der Waals surface area contributed by atoms with Crippen molar-refractivity contribution in [1.29, 1.82) is 0 Å². The lowest BCUT2D eigenvalue weighted by Gasteiger charge is -2.27. The van der Waals surface area contributed by atoms with E-state index < -0.39 is 11.4 Å². The van der Waals surface area contributed by atoms with Crippen LogP contribution in [0, 0.1) is 24.2 Å². The van der Waals surface area contributed by atoms with E-state index in [1.165, 1.54) is 0 Å². The van der Waals surface area contributed by atoms with Crippen molar-refractivity contribution >= 4 is 17.8 Å². The molecule has 1 aliphatic carbocycles. The maximum Gasteiger partial charge on any atom is 0.313 e. The van der Waals surface area contributed by atoms with Gasteiger partial charge >= 0.3 is 5.97 Å². The van der Waals surface area contributed by atoms with Gasteiger partial charge in [0.25, 0.3) is 5.91 Å². The molecule has 3 aliphatic rings. The van der Waals surface area contributed by atoms with Gasteiger partial charge in [0.15, 0.2) is 0 Å². The van der Waals surface area contributed by atoms with Crippen molar-refractivity contribution in [3.63, 3.8) is 0 Å². The minimum atomic E-state index is -1.04. The third-order valence-corrected chi connectivity index (χ3v) is 6.71. The molecule has 3 fully saturated rings. The second-order valence-corrected chi connectivity index (χ2v) is 8.36. The summed E-state index contributed by atoms with van der Waals surface area (Å²) in [6, 6.07) is 7.39. The van der Waals surface area contributed by atoms with E-state index in [2.05, 4.69) is 0 Å². The predicted octanol–water partition coefficient (Wildman–Crippen LogP) is 2.17. The Balaban J connectivity index is 1.53. The van der Waals surface area contributed by atoms with Crippen LogP contribution in [0.2, 0.25) is 0 Å². The number of carboxylic acid groups (broad SMARTS) is 1. The van der Waals surface area contributed by atoms with Crippen molar-refractivity contribution in [3.8, 4) is 0 Å². The van der Waals surface area contributed by atoms with Crippen LogP contribution in [0.15, 0.2) is 24.3 Å². The smallest absolute Gasteiger partial charge is 0.313 e. The number of benzene rings is 1. The topological polar surface area (TPSA) is 77.9 Å². The second-order valence-electron chi connectivity index (χ2n) is 8.36. The summed E-state index contributed by atoms with van der Waals surface area (Å²) >= 11 is 0. The number of likely N-dealkylation sites (tertiary alicyclic amines) is 2. The fourth-order valence-electron chi connectivity index (χ4n) is 5.10. The highest BCUT2D eigenvalue weighted by atomic mass is 16.4. The van der Waals surface area contributed by atoms with Crippen LogP contribution in [0.4, 0.5) is 0 Å². The zero-order valence-corrected chi connectivity index (χ0v) is 15.7.